The van der Waals surface area contributed by atoms with Gasteiger partial charge >= 0.3 is 6.09 Å². The number of sulfone groups is 1. The average molecular weight is 1230 g/mol. The van der Waals surface area contributed by atoms with E-state index in [-0.39, 0.29) is 71.7 Å². The second-order valence-corrected chi connectivity index (χ2v) is 29.2. The van der Waals surface area contributed by atoms with Crippen LogP contribution in [0.4, 0.5) is 32.5 Å². The van der Waals surface area contributed by atoms with Crippen molar-refractivity contribution in [1.82, 2.24) is 54.7 Å². The van der Waals surface area contributed by atoms with Gasteiger partial charge in [0.15, 0.2) is 15.6 Å². The van der Waals surface area contributed by atoms with Crippen LogP contribution in [0.3, 0.4) is 0 Å². The van der Waals surface area contributed by atoms with Crippen molar-refractivity contribution in [2.24, 2.45) is 0 Å². The fourth-order valence-electron chi connectivity index (χ4n) is 11.8. The highest BCUT2D eigenvalue weighted by Gasteiger charge is 2.44. The van der Waals surface area contributed by atoms with E-state index >= 15 is 0 Å². The highest BCUT2D eigenvalue weighted by Crippen LogP contribution is 2.40. The van der Waals surface area contributed by atoms with E-state index in [2.05, 4.69) is 67.0 Å². The molecule has 0 radical (unpaired) electrons. The van der Waals surface area contributed by atoms with Gasteiger partial charge in [0.2, 0.25) is 11.9 Å². The number of carbonyl (C=O) groups is 2. The van der Waals surface area contributed by atoms with E-state index in [4.69, 9.17) is 18.9 Å². The van der Waals surface area contributed by atoms with Crippen molar-refractivity contribution in [3.63, 3.8) is 0 Å². The number of benzene rings is 2. The number of pyridine rings is 1. The number of carbonyl (C=O) groups excluding carboxylic acids is 2. The number of piperazine rings is 2. The van der Waals surface area contributed by atoms with Crippen molar-refractivity contribution in [3.8, 4) is 11.5 Å². The third kappa shape index (κ3) is 14.4. The van der Waals surface area contributed by atoms with Gasteiger partial charge in [-0.25, -0.2) is 37.5 Å². The van der Waals surface area contributed by atoms with Crippen LogP contribution in [0.2, 0.25) is 0 Å². The van der Waals surface area contributed by atoms with Gasteiger partial charge in [0.25, 0.3) is 5.56 Å². The van der Waals surface area contributed by atoms with E-state index in [0.29, 0.717) is 117 Å². The number of hydrogen-bond donors (Lipinski definition) is 3. The first kappa shape index (κ1) is 63.7. The highest BCUT2D eigenvalue weighted by molar-refractivity contribution is 7.92. The van der Waals surface area contributed by atoms with Gasteiger partial charge in [0, 0.05) is 124 Å². The number of halogens is 1. The van der Waals surface area contributed by atoms with Crippen LogP contribution in [0.1, 0.15) is 104 Å². The number of H-pyrrole nitrogens is 2. The minimum Gasteiger partial charge on any atom is -0.492 e. The maximum atomic E-state index is 14.7. The van der Waals surface area contributed by atoms with Crippen LogP contribution in [-0.2, 0) is 35.9 Å². The molecular formula is C63H85FN14O9S. The lowest BCUT2D eigenvalue weighted by atomic mass is 9.91. The third-order valence-corrected chi connectivity index (χ3v) is 19.6. The van der Waals surface area contributed by atoms with Gasteiger partial charge < -0.3 is 43.9 Å². The maximum Gasteiger partial charge on any atom is 0.410 e. The lowest BCUT2D eigenvalue weighted by Gasteiger charge is -2.48. The Morgan fingerprint density at radius 2 is 1.62 bits per heavy atom. The number of aromatic nitrogens is 7. The molecule has 6 aromatic rings. The third-order valence-electron chi connectivity index (χ3n) is 17.1. The summed E-state index contributed by atoms with van der Waals surface area (Å²) in [4.78, 5) is 75.9. The highest BCUT2D eigenvalue weighted by atomic mass is 32.2. The predicted octanol–water partition coefficient (Wildman–Crippen LogP) is 7.19. The molecule has 0 spiro atoms. The molecule has 4 atom stereocenters. The van der Waals surface area contributed by atoms with Gasteiger partial charge in [-0.05, 0) is 105 Å². The number of nitrogens with one attached hydrogen (secondary N) is 3. The Kier molecular flexibility index (Phi) is 18.6. The number of rotatable bonds is 18. The number of ether oxygens (including phenoxy) is 4. The maximum absolute atomic E-state index is 14.7. The summed E-state index contributed by atoms with van der Waals surface area (Å²) < 4.78 is 65.5. The second kappa shape index (κ2) is 25.6. The fourth-order valence-corrected chi connectivity index (χ4v) is 13.1. The van der Waals surface area contributed by atoms with Crippen LogP contribution in [0.25, 0.3) is 10.9 Å². The zero-order valence-electron chi connectivity index (χ0n) is 52.8. The lowest BCUT2D eigenvalue weighted by Crippen LogP contribution is -2.65. The van der Waals surface area contributed by atoms with Gasteiger partial charge in [-0.1, -0.05) is 26.0 Å². The Morgan fingerprint density at radius 1 is 0.898 bits per heavy atom. The Bertz CT molecular complexity index is 3660. The number of aromatic amines is 2. The van der Waals surface area contributed by atoms with E-state index in [1.54, 1.807) is 73.3 Å². The summed E-state index contributed by atoms with van der Waals surface area (Å²) in [6.07, 6.45) is 5.07. The van der Waals surface area contributed by atoms with Crippen LogP contribution in [-0.4, -0.2) is 202 Å². The zero-order valence-corrected chi connectivity index (χ0v) is 53.6. The molecule has 23 nitrogen and oxygen atoms in total. The van der Waals surface area contributed by atoms with Crippen LogP contribution in [0.15, 0.2) is 70.9 Å². The Hall–Kier alpha value is -7.32. The van der Waals surface area contributed by atoms with Gasteiger partial charge in [0.1, 0.15) is 52.7 Å². The normalized spacial score (nSPS) is 20.5. The number of hydrogen-bond acceptors (Lipinski definition) is 19. The summed E-state index contributed by atoms with van der Waals surface area (Å²) in [6, 6.07) is 10.7. The molecule has 2 aromatic carbocycles. The molecule has 3 saturated heterocycles. The Morgan fingerprint density at radius 3 is 2.31 bits per heavy atom. The molecule has 2 amide bonds. The zero-order chi connectivity index (χ0) is 63.0. The van der Waals surface area contributed by atoms with Crippen LogP contribution < -0.4 is 30.1 Å². The van der Waals surface area contributed by atoms with E-state index in [9.17, 15) is 27.2 Å². The minimum absolute atomic E-state index is 0.0295. The summed E-state index contributed by atoms with van der Waals surface area (Å²) in [5.74, 6) is 2.02. The minimum atomic E-state index is -3.84. The van der Waals surface area contributed by atoms with Crippen molar-refractivity contribution in [2.75, 3.05) is 107 Å². The molecule has 8 heterocycles. The monoisotopic (exact) mass is 1230 g/mol. The topological polar surface area (TPSA) is 250 Å². The molecule has 4 aromatic heterocycles. The second-order valence-electron chi connectivity index (χ2n) is 26.5. The number of aryl methyl sites for hydroxylation is 1. The van der Waals surface area contributed by atoms with Crippen LogP contribution in [0, 0.1) is 19.7 Å². The number of amides is 2. The molecule has 88 heavy (non-hydrogen) atoms. The first-order valence-corrected chi connectivity index (χ1v) is 31.9. The van der Waals surface area contributed by atoms with Crippen molar-refractivity contribution >= 4 is 56.0 Å². The molecule has 25 heteroatoms. The van der Waals surface area contributed by atoms with E-state index in [0.717, 1.165) is 36.5 Å². The van der Waals surface area contributed by atoms with Crippen LogP contribution >= 0.6 is 0 Å². The summed E-state index contributed by atoms with van der Waals surface area (Å²) in [6.45, 7) is 29.6. The number of morpholine rings is 1. The summed E-state index contributed by atoms with van der Waals surface area (Å²) >= 11 is 0. The molecule has 0 saturated carbocycles. The lowest BCUT2D eigenvalue weighted by molar-refractivity contribution is -0.122. The van der Waals surface area contributed by atoms with E-state index < -0.39 is 31.7 Å². The van der Waals surface area contributed by atoms with Crippen molar-refractivity contribution in [2.45, 2.75) is 141 Å². The molecule has 0 unspecified atom stereocenters. The quantitative estimate of drug-likeness (QED) is 0.0720. The first-order chi connectivity index (χ1) is 41.6. The number of fused-ring (bicyclic) bond motifs is 2. The summed E-state index contributed by atoms with van der Waals surface area (Å²) in [5, 5.41) is 11.1. The summed E-state index contributed by atoms with van der Waals surface area (Å²) in [5.41, 5.74) is 3.47. The van der Waals surface area contributed by atoms with Gasteiger partial charge in [-0.2, -0.15) is 5.10 Å². The van der Waals surface area contributed by atoms with Gasteiger partial charge in [-0.15, -0.1) is 0 Å². The van der Waals surface area contributed by atoms with Gasteiger partial charge in [-0.3, -0.25) is 29.4 Å². The fraction of sp³-hybridized carbons (Fsp3) is 0.556. The SMILES string of the molecule is Cc1n[nH]c(Nc2ncnc3cc(OCCCN4CCN(c5ncc(OC[C@H]6CN(C[C@H]7CN(C(=O)OC(C)(C)C)[C@H](C)CN7CC(=O)N7CC(C)(C)c8[nH]c(=O)c(Cc9ccc(F)cc9)cc87)[C@H](C)CO6)cn5)CC4)c(S(=O)(=O)C(C)(C)C)cc23)c1C. The largest absolute Gasteiger partial charge is 0.492 e. The van der Waals surface area contributed by atoms with E-state index in [1.807, 2.05) is 55.4 Å². The Balaban J connectivity index is 0.728. The standard InChI is InChI=1S/C63H85FN14O9S/c1-39-30-76(34-54(79)78-37-63(11,12)55-51(78)25-44(58(80)69-55)24-43-14-16-45(64)17-15-43)46(32-77(39)60(81)87-61(5,6)7)31-75-33-48(85-35-40(75)2)36-86-47-28-65-59(66-29-47)74-21-19-73(20-22-74)18-13-23-84-52-27-50-49(26-53(52)88(82,83)62(8,9)10)57(68-38-67-50)70-56-41(3)42(4)71-72-56/h14-17,25-29,38-40,46,48H,13,18-24,30-37H2,1-12H3,(H,69,80)(H2,67,68,70,71,72)/t39-,40-,46+,48-/m1/s1. The molecule has 0 aliphatic carbocycles. The molecule has 3 N–H and O–H groups in total. The summed E-state index contributed by atoms with van der Waals surface area (Å²) in [7, 11) is -3.84. The molecule has 474 valence electrons. The van der Waals surface area contributed by atoms with Crippen molar-refractivity contribution in [3.05, 3.63) is 105 Å². The molecule has 3 fully saturated rings. The van der Waals surface area contributed by atoms with Crippen molar-refractivity contribution < 1.29 is 41.3 Å². The molecule has 0 bridgehead atoms. The predicted molar refractivity (Wildman–Crippen MR) is 334 cm³/mol. The van der Waals surface area contributed by atoms with E-state index in [1.165, 1.54) is 18.5 Å². The number of anilines is 4. The van der Waals surface area contributed by atoms with Gasteiger partial charge in [0.05, 0.1) is 53.8 Å². The smallest absolute Gasteiger partial charge is 0.410 e. The molecule has 4 aliphatic rings. The first-order valence-electron chi connectivity index (χ1n) is 30.4. The Labute approximate surface area is 514 Å². The average Bonchev–Trinajstić information content (AvgIpc) is 1.51. The van der Waals surface area contributed by atoms with Crippen LogP contribution in [0.5, 0.6) is 11.5 Å². The van der Waals surface area contributed by atoms with Crippen molar-refractivity contribution in [1.29, 1.82) is 0 Å². The number of nitrogens with zero attached hydrogens (tertiary/aromatic N) is 11. The molecular weight excluding hydrogens is 1150 g/mol. The molecule has 4 aliphatic heterocycles. The molecule has 10 rings (SSSR count).